The highest BCUT2D eigenvalue weighted by atomic mass is 32.2. The van der Waals surface area contributed by atoms with Crippen molar-refractivity contribution in [2.24, 2.45) is 0 Å². The van der Waals surface area contributed by atoms with Gasteiger partial charge in [-0.1, -0.05) is 30.0 Å². The lowest BCUT2D eigenvalue weighted by molar-refractivity contribution is -0.137. The number of carbonyl (C=O) groups excluding carboxylic acids is 1. The molecule has 3 N–H and O–H groups in total. The van der Waals surface area contributed by atoms with E-state index in [1.807, 2.05) is 32.0 Å². The van der Waals surface area contributed by atoms with E-state index in [-0.39, 0.29) is 17.9 Å². The first-order valence-electron chi connectivity index (χ1n) is 10.9. The zero-order valence-corrected chi connectivity index (χ0v) is 20.5. The van der Waals surface area contributed by atoms with Crippen LogP contribution in [0.5, 0.6) is 0 Å². The van der Waals surface area contributed by atoms with Gasteiger partial charge in [-0.3, -0.25) is 19.1 Å². The summed E-state index contributed by atoms with van der Waals surface area (Å²) in [5, 5.41) is 11.2. The second kappa shape index (κ2) is 10.5. The third-order valence-corrected chi connectivity index (χ3v) is 6.21. The van der Waals surface area contributed by atoms with E-state index in [1.165, 1.54) is 18.2 Å². The molecule has 9 nitrogen and oxygen atoms in total. The second-order valence-corrected chi connectivity index (χ2v) is 9.17. The molecule has 2 aromatic carbocycles. The van der Waals surface area contributed by atoms with E-state index in [4.69, 9.17) is 0 Å². The summed E-state index contributed by atoms with van der Waals surface area (Å²) in [5.74, 6) is -0.266. The molecule has 0 fully saturated rings. The van der Waals surface area contributed by atoms with Gasteiger partial charge in [-0.25, -0.2) is 4.79 Å². The van der Waals surface area contributed by atoms with E-state index in [0.717, 1.165) is 40.7 Å². The number of hydrogen-bond acceptors (Lipinski definition) is 6. The minimum absolute atomic E-state index is 0.0235. The van der Waals surface area contributed by atoms with E-state index in [0.29, 0.717) is 16.7 Å². The van der Waals surface area contributed by atoms with Crippen molar-refractivity contribution in [3.63, 3.8) is 0 Å². The van der Waals surface area contributed by atoms with Crippen molar-refractivity contribution in [1.82, 2.24) is 24.7 Å². The Hall–Kier alpha value is -4.13. The number of alkyl halides is 3. The fourth-order valence-corrected chi connectivity index (χ4v) is 4.36. The molecule has 0 aliphatic carbocycles. The highest BCUT2D eigenvalue weighted by Gasteiger charge is 2.30. The van der Waals surface area contributed by atoms with Crippen molar-refractivity contribution in [2.75, 3.05) is 11.1 Å². The van der Waals surface area contributed by atoms with E-state index >= 15 is 0 Å². The van der Waals surface area contributed by atoms with Crippen LogP contribution in [0.25, 0.3) is 5.69 Å². The van der Waals surface area contributed by atoms with Gasteiger partial charge in [0.2, 0.25) is 5.91 Å². The van der Waals surface area contributed by atoms with E-state index in [2.05, 4.69) is 25.5 Å². The van der Waals surface area contributed by atoms with Crippen molar-refractivity contribution in [3.05, 3.63) is 97.6 Å². The number of anilines is 1. The maximum atomic E-state index is 13.0. The van der Waals surface area contributed by atoms with Crippen LogP contribution in [0.15, 0.2) is 63.3 Å². The summed E-state index contributed by atoms with van der Waals surface area (Å²) in [7, 11) is 0. The lowest BCUT2D eigenvalue weighted by Gasteiger charge is -2.14. The van der Waals surface area contributed by atoms with Gasteiger partial charge in [-0.2, -0.15) is 13.2 Å². The standard InChI is InChI=1S/C24H21F3N6O3S/c1-13-6-7-14(2)18(8-13)33-19(10-17-11-20(34)30-22(36)29-17)31-32-23(33)37-12-21(35)28-16-5-3-4-15(9-16)24(25,26)27/h3-9,11H,10,12H2,1-2H3,(H,28,35)(H2,29,30,34,36). The minimum Gasteiger partial charge on any atom is -0.325 e. The smallest absolute Gasteiger partial charge is 0.325 e. The Kier molecular flexibility index (Phi) is 7.34. The van der Waals surface area contributed by atoms with Crippen molar-refractivity contribution in [2.45, 2.75) is 31.6 Å². The van der Waals surface area contributed by atoms with Crippen molar-refractivity contribution < 1.29 is 18.0 Å². The van der Waals surface area contributed by atoms with Gasteiger partial charge >= 0.3 is 11.9 Å². The number of aryl methyl sites for hydroxylation is 2. The molecule has 0 aliphatic heterocycles. The number of H-pyrrole nitrogens is 2. The average Bonchev–Trinajstić information content (AvgIpc) is 3.20. The van der Waals surface area contributed by atoms with Crippen LogP contribution in [-0.2, 0) is 17.4 Å². The molecule has 192 valence electrons. The SMILES string of the molecule is Cc1ccc(C)c(-n2c(Cc3cc(=O)[nH]c(=O)[nH]3)nnc2SCC(=O)Nc2cccc(C(F)(F)F)c2)c1. The first-order chi connectivity index (χ1) is 17.5. The number of benzene rings is 2. The molecular weight excluding hydrogens is 509 g/mol. The summed E-state index contributed by atoms with van der Waals surface area (Å²) in [4.78, 5) is 40.6. The van der Waals surface area contributed by atoms with Gasteiger partial charge in [0.05, 0.1) is 17.0 Å². The number of nitrogens with zero attached hydrogens (tertiary/aromatic N) is 3. The highest BCUT2D eigenvalue weighted by molar-refractivity contribution is 7.99. The molecule has 0 spiro atoms. The molecule has 37 heavy (non-hydrogen) atoms. The number of aromatic amines is 2. The van der Waals surface area contributed by atoms with Crippen LogP contribution in [0.4, 0.5) is 18.9 Å². The topological polar surface area (TPSA) is 126 Å². The van der Waals surface area contributed by atoms with Gasteiger partial charge in [-0.15, -0.1) is 10.2 Å². The van der Waals surface area contributed by atoms with Crippen LogP contribution in [0.2, 0.25) is 0 Å². The summed E-state index contributed by atoms with van der Waals surface area (Å²) >= 11 is 1.05. The Morgan fingerprint density at radius 1 is 1.05 bits per heavy atom. The maximum Gasteiger partial charge on any atom is 0.416 e. The summed E-state index contributed by atoms with van der Waals surface area (Å²) in [5.41, 5.74) is 0.868. The third kappa shape index (κ3) is 6.36. The fourth-order valence-electron chi connectivity index (χ4n) is 3.60. The van der Waals surface area contributed by atoms with E-state index < -0.39 is 28.9 Å². The maximum absolute atomic E-state index is 13.0. The second-order valence-electron chi connectivity index (χ2n) is 8.23. The monoisotopic (exact) mass is 530 g/mol. The van der Waals surface area contributed by atoms with Gasteiger partial charge in [0, 0.05) is 23.9 Å². The Morgan fingerprint density at radius 2 is 1.84 bits per heavy atom. The van der Waals surface area contributed by atoms with Crippen LogP contribution in [0.3, 0.4) is 0 Å². The number of hydrogen-bond donors (Lipinski definition) is 3. The molecule has 0 bridgehead atoms. The fraction of sp³-hybridized carbons (Fsp3) is 0.208. The highest BCUT2D eigenvalue weighted by Crippen LogP contribution is 2.31. The summed E-state index contributed by atoms with van der Waals surface area (Å²) in [6, 6.07) is 11.4. The van der Waals surface area contributed by atoms with Crippen molar-refractivity contribution >= 4 is 23.4 Å². The molecule has 0 saturated heterocycles. The van der Waals surface area contributed by atoms with Crippen LogP contribution in [-0.4, -0.2) is 36.4 Å². The van der Waals surface area contributed by atoms with Crippen molar-refractivity contribution in [1.29, 1.82) is 0 Å². The number of aromatic nitrogens is 5. The lowest BCUT2D eigenvalue weighted by Crippen LogP contribution is -2.23. The van der Waals surface area contributed by atoms with E-state index in [9.17, 15) is 27.6 Å². The zero-order chi connectivity index (χ0) is 26.7. The Morgan fingerprint density at radius 3 is 2.57 bits per heavy atom. The normalized spacial score (nSPS) is 11.5. The van der Waals surface area contributed by atoms with Crippen LogP contribution in [0.1, 0.15) is 28.2 Å². The molecule has 2 heterocycles. The Balaban J connectivity index is 1.60. The molecule has 13 heteroatoms. The number of nitrogens with one attached hydrogen (secondary N) is 3. The summed E-state index contributed by atoms with van der Waals surface area (Å²) in [6.07, 6.45) is -4.45. The Bertz CT molecular complexity index is 1550. The molecular formula is C24H21F3N6O3S. The number of halogens is 3. The molecule has 0 unspecified atom stereocenters. The number of amides is 1. The number of carbonyl (C=O) groups is 1. The van der Waals surface area contributed by atoms with Gasteiger partial charge in [0.1, 0.15) is 5.82 Å². The van der Waals surface area contributed by atoms with Gasteiger partial charge < -0.3 is 10.3 Å². The predicted octanol–water partition coefficient (Wildman–Crippen LogP) is 3.60. The summed E-state index contributed by atoms with van der Waals surface area (Å²) < 4.78 is 40.6. The van der Waals surface area contributed by atoms with Crippen molar-refractivity contribution in [3.8, 4) is 5.69 Å². The molecule has 0 saturated carbocycles. The predicted molar refractivity (Wildman–Crippen MR) is 132 cm³/mol. The molecule has 0 radical (unpaired) electrons. The first-order valence-corrected chi connectivity index (χ1v) is 11.9. The minimum atomic E-state index is -4.53. The molecule has 1 amide bonds. The zero-order valence-electron chi connectivity index (χ0n) is 19.6. The molecule has 0 aliphatic rings. The first kappa shape index (κ1) is 25.9. The number of rotatable bonds is 7. The van der Waals surface area contributed by atoms with Crippen LogP contribution < -0.4 is 16.6 Å². The molecule has 4 aromatic rings. The Labute approximate surface area is 212 Å². The molecule has 0 atom stereocenters. The quantitative estimate of drug-likeness (QED) is 0.314. The molecule has 4 rings (SSSR count). The van der Waals surface area contributed by atoms with Gasteiger partial charge in [0.15, 0.2) is 5.16 Å². The van der Waals surface area contributed by atoms with Gasteiger partial charge in [0.25, 0.3) is 5.56 Å². The van der Waals surface area contributed by atoms with Crippen LogP contribution in [0, 0.1) is 13.8 Å². The lowest BCUT2D eigenvalue weighted by atomic mass is 10.1. The third-order valence-electron chi connectivity index (χ3n) is 5.28. The van der Waals surface area contributed by atoms with E-state index in [1.54, 1.807) is 4.57 Å². The summed E-state index contributed by atoms with van der Waals surface area (Å²) in [6.45, 7) is 3.80. The average molecular weight is 531 g/mol. The molecule has 2 aromatic heterocycles. The van der Waals surface area contributed by atoms with Gasteiger partial charge in [-0.05, 0) is 49.2 Å². The van der Waals surface area contributed by atoms with Crippen LogP contribution >= 0.6 is 11.8 Å². The largest absolute Gasteiger partial charge is 0.416 e. The number of thioether (sulfide) groups is 1.